The molecule has 1 aliphatic rings. The number of carbonyl (C=O) groups is 2. The van der Waals surface area contributed by atoms with Crippen LogP contribution in [-0.2, 0) is 11.2 Å². The predicted molar refractivity (Wildman–Crippen MR) is 101 cm³/mol. The van der Waals surface area contributed by atoms with Gasteiger partial charge in [0.2, 0.25) is 5.91 Å². The van der Waals surface area contributed by atoms with Crippen LogP contribution in [0.1, 0.15) is 21.8 Å². The maximum absolute atomic E-state index is 12.8. The SMILES string of the molecule is Cc1nc2cc(C(=O)N3CCN(C(=O)Cc4ccccc4)CC3)ccc2o1. The Balaban J connectivity index is 1.37. The minimum atomic E-state index is -0.0345. The minimum absolute atomic E-state index is 0.0345. The van der Waals surface area contributed by atoms with Crippen molar-refractivity contribution in [2.75, 3.05) is 26.2 Å². The summed E-state index contributed by atoms with van der Waals surface area (Å²) in [5.41, 5.74) is 2.98. The van der Waals surface area contributed by atoms with E-state index in [1.807, 2.05) is 35.2 Å². The molecule has 0 saturated carbocycles. The van der Waals surface area contributed by atoms with E-state index in [9.17, 15) is 9.59 Å². The van der Waals surface area contributed by atoms with E-state index in [-0.39, 0.29) is 11.8 Å². The van der Waals surface area contributed by atoms with Crippen molar-refractivity contribution in [3.8, 4) is 0 Å². The van der Waals surface area contributed by atoms with Gasteiger partial charge in [0.1, 0.15) is 5.52 Å². The van der Waals surface area contributed by atoms with Crippen LogP contribution in [0.15, 0.2) is 52.9 Å². The summed E-state index contributed by atoms with van der Waals surface area (Å²) in [4.78, 5) is 33.2. The van der Waals surface area contributed by atoms with Crippen LogP contribution < -0.4 is 0 Å². The first-order valence-corrected chi connectivity index (χ1v) is 9.08. The molecule has 1 aliphatic heterocycles. The average Bonchev–Trinajstić information content (AvgIpc) is 3.07. The molecule has 1 saturated heterocycles. The Labute approximate surface area is 157 Å². The van der Waals surface area contributed by atoms with Crippen molar-refractivity contribution in [3.05, 3.63) is 65.5 Å². The molecule has 1 fully saturated rings. The van der Waals surface area contributed by atoms with Gasteiger partial charge in [-0.3, -0.25) is 9.59 Å². The van der Waals surface area contributed by atoms with Gasteiger partial charge in [-0.25, -0.2) is 4.98 Å². The molecule has 2 heterocycles. The molecule has 0 aliphatic carbocycles. The summed E-state index contributed by atoms with van der Waals surface area (Å²) >= 11 is 0. The van der Waals surface area contributed by atoms with Gasteiger partial charge in [-0.1, -0.05) is 30.3 Å². The molecule has 3 aromatic rings. The summed E-state index contributed by atoms with van der Waals surface area (Å²) in [6.45, 7) is 3.98. The molecule has 0 bridgehead atoms. The zero-order valence-electron chi connectivity index (χ0n) is 15.2. The molecule has 1 aromatic heterocycles. The molecule has 6 nitrogen and oxygen atoms in total. The van der Waals surface area contributed by atoms with Crippen molar-refractivity contribution >= 4 is 22.9 Å². The van der Waals surface area contributed by atoms with Crippen LogP contribution in [0.3, 0.4) is 0 Å². The number of rotatable bonds is 3. The third-order valence-electron chi connectivity index (χ3n) is 4.86. The first-order valence-electron chi connectivity index (χ1n) is 9.08. The third-order valence-corrected chi connectivity index (χ3v) is 4.86. The number of carbonyl (C=O) groups excluding carboxylic acids is 2. The highest BCUT2D eigenvalue weighted by Gasteiger charge is 2.25. The van der Waals surface area contributed by atoms with Crippen molar-refractivity contribution in [1.29, 1.82) is 0 Å². The highest BCUT2D eigenvalue weighted by atomic mass is 16.3. The molecule has 0 atom stereocenters. The fourth-order valence-electron chi connectivity index (χ4n) is 3.40. The van der Waals surface area contributed by atoms with Crippen molar-refractivity contribution in [1.82, 2.24) is 14.8 Å². The summed E-state index contributed by atoms with van der Waals surface area (Å²) in [5, 5.41) is 0. The smallest absolute Gasteiger partial charge is 0.254 e. The van der Waals surface area contributed by atoms with E-state index < -0.39 is 0 Å². The van der Waals surface area contributed by atoms with Crippen molar-refractivity contribution < 1.29 is 14.0 Å². The minimum Gasteiger partial charge on any atom is -0.441 e. The van der Waals surface area contributed by atoms with Crippen molar-refractivity contribution in [3.63, 3.8) is 0 Å². The second kappa shape index (κ2) is 7.23. The summed E-state index contributed by atoms with van der Waals surface area (Å²) < 4.78 is 5.46. The molecule has 138 valence electrons. The number of hydrogen-bond acceptors (Lipinski definition) is 4. The molecule has 2 aromatic carbocycles. The van der Waals surface area contributed by atoms with Crippen LogP contribution in [0.25, 0.3) is 11.1 Å². The fourth-order valence-corrected chi connectivity index (χ4v) is 3.40. The second-order valence-electron chi connectivity index (χ2n) is 6.75. The van der Waals surface area contributed by atoms with Crippen molar-refractivity contribution in [2.24, 2.45) is 0 Å². The number of benzene rings is 2. The summed E-state index contributed by atoms with van der Waals surface area (Å²) in [6, 6.07) is 15.0. The normalized spacial score (nSPS) is 14.6. The van der Waals surface area contributed by atoms with Gasteiger partial charge in [0.25, 0.3) is 5.91 Å². The number of oxazole rings is 1. The highest BCUT2D eigenvalue weighted by Crippen LogP contribution is 2.18. The number of aromatic nitrogens is 1. The molecule has 27 heavy (non-hydrogen) atoms. The van der Waals surface area contributed by atoms with Gasteiger partial charge in [0.15, 0.2) is 11.5 Å². The van der Waals surface area contributed by atoms with Gasteiger partial charge < -0.3 is 14.2 Å². The Morgan fingerprint density at radius 2 is 1.70 bits per heavy atom. The van der Waals surface area contributed by atoms with E-state index in [1.54, 1.807) is 30.0 Å². The molecule has 0 N–H and O–H groups in total. The lowest BCUT2D eigenvalue weighted by atomic mass is 10.1. The number of aryl methyl sites for hydroxylation is 1. The van der Waals surface area contributed by atoms with E-state index >= 15 is 0 Å². The Morgan fingerprint density at radius 3 is 2.44 bits per heavy atom. The van der Waals surface area contributed by atoms with Crippen LogP contribution in [-0.4, -0.2) is 52.8 Å². The molecular formula is C21H21N3O3. The van der Waals surface area contributed by atoms with Gasteiger partial charge in [-0.15, -0.1) is 0 Å². The lowest BCUT2D eigenvalue weighted by molar-refractivity contribution is -0.131. The average molecular weight is 363 g/mol. The van der Waals surface area contributed by atoms with Gasteiger partial charge in [-0.05, 0) is 23.8 Å². The molecule has 0 unspecified atom stereocenters. The van der Waals surface area contributed by atoms with Crippen LogP contribution in [0.5, 0.6) is 0 Å². The largest absolute Gasteiger partial charge is 0.441 e. The third kappa shape index (κ3) is 3.69. The lowest BCUT2D eigenvalue weighted by Gasteiger charge is -2.35. The number of amides is 2. The van der Waals surface area contributed by atoms with Crippen molar-refractivity contribution in [2.45, 2.75) is 13.3 Å². The topological polar surface area (TPSA) is 66.7 Å². The Hall–Kier alpha value is -3.15. The highest BCUT2D eigenvalue weighted by molar-refractivity contribution is 5.97. The summed E-state index contributed by atoms with van der Waals surface area (Å²) in [6.07, 6.45) is 0.400. The molecular weight excluding hydrogens is 342 g/mol. The van der Waals surface area contributed by atoms with Crippen LogP contribution in [0.2, 0.25) is 0 Å². The van der Waals surface area contributed by atoms with Crippen LogP contribution >= 0.6 is 0 Å². The van der Waals surface area contributed by atoms with Crippen LogP contribution in [0, 0.1) is 6.92 Å². The summed E-state index contributed by atoms with van der Waals surface area (Å²) in [7, 11) is 0. The van der Waals surface area contributed by atoms with E-state index in [0.29, 0.717) is 55.2 Å². The lowest BCUT2D eigenvalue weighted by Crippen LogP contribution is -2.51. The monoisotopic (exact) mass is 363 g/mol. The maximum atomic E-state index is 12.8. The number of piperazine rings is 1. The quantitative estimate of drug-likeness (QED) is 0.718. The molecule has 0 spiro atoms. The number of fused-ring (bicyclic) bond motifs is 1. The van der Waals surface area contributed by atoms with E-state index in [0.717, 1.165) is 5.56 Å². The first-order chi connectivity index (χ1) is 13.1. The van der Waals surface area contributed by atoms with Gasteiger partial charge in [0, 0.05) is 38.7 Å². The molecule has 4 rings (SSSR count). The maximum Gasteiger partial charge on any atom is 0.254 e. The fraction of sp³-hybridized carbons (Fsp3) is 0.286. The van der Waals surface area contributed by atoms with Gasteiger partial charge in [-0.2, -0.15) is 0 Å². The molecule has 6 heteroatoms. The second-order valence-corrected chi connectivity index (χ2v) is 6.75. The Kier molecular flexibility index (Phi) is 4.62. The summed E-state index contributed by atoms with van der Waals surface area (Å²) in [5.74, 6) is 0.653. The van der Waals surface area contributed by atoms with Gasteiger partial charge in [0.05, 0.1) is 6.42 Å². The Morgan fingerprint density at radius 1 is 1.00 bits per heavy atom. The number of hydrogen-bond donors (Lipinski definition) is 0. The number of nitrogens with zero attached hydrogens (tertiary/aromatic N) is 3. The van der Waals surface area contributed by atoms with E-state index in [4.69, 9.17) is 4.42 Å². The molecule has 2 amide bonds. The molecule has 0 radical (unpaired) electrons. The van der Waals surface area contributed by atoms with E-state index in [1.165, 1.54) is 0 Å². The predicted octanol–water partition coefficient (Wildman–Crippen LogP) is 2.66. The zero-order valence-corrected chi connectivity index (χ0v) is 15.2. The van der Waals surface area contributed by atoms with E-state index in [2.05, 4.69) is 4.98 Å². The van der Waals surface area contributed by atoms with Gasteiger partial charge >= 0.3 is 0 Å². The first kappa shape index (κ1) is 17.3. The standard InChI is InChI=1S/C21H21N3O3/c1-15-22-18-14-17(7-8-19(18)27-15)21(26)24-11-9-23(10-12-24)20(25)13-16-5-3-2-4-6-16/h2-8,14H,9-13H2,1H3. The Bertz CT molecular complexity index is 973. The zero-order chi connectivity index (χ0) is 18.8. The van der Waals surface area contributed by atoms with Crippen LogP contribution in [0.4, 0.5) is 0 Å².